The third-order valence-corrected chi connectivity index (χ3v) is 3.69. The van der Waals surface area contributed by atoms with Crippen LogP contribution in [0.3, 0.4) is 0 Å². The molecule has 0 aliphatic rings. The summed E-state index contributed by atoms with van der Waals surface area (Å²) in [6.07, 6.45) is 0.872. The molecule has 1 rings (SSSR count). The van der Waals surface area contributed by atoms with Crippen LogP contribution in [0, 0.1) is 0 Å². The second kappa shape index (κ2) is 5.00. The van der Waals surface area contributed by atoms with Crippen molar-refractivity contribution in [3.05, 3.63) is 11.4 Å². The Hall–Kier alpha value is -1.52. The summed E-state index contributed by atoms with van der Waals surface area (Å²) in [5, 5.41) is 6.92. The molecule has 0 bridgehead atoms. The largest absolute Gasteiger partial charge is 0.395 e. The number of hydrogen-bond acceptors (Lipinski definition) is 3. The molecule has 0 atom stereocenters. The van der Waals surface area contributed by atoms with Gasteiger partial charge >= 0.3 is 0 Å². The average molecular weight is 252 g/mol. The molecule has 0 saturated carbocycles. The number of nitrogens with two attached hydrogens (primary N) is 1. The molecule has 0 aliphatic carbocycles. The van der Waals surface area contributed by atoms with Crippen molar-refractivity contribution in [2.75, 3.05) is 12.8 Å². The SMILES string of the molecule is CCC(C)(C)N(C)C(=O)c1n[nH]c(C(C)C)c1N. The Morgan fingerprint density at radius 2 is 2.06 bits per heavy atom. The Morgan fingerprint density at radius 3 is 2.44 bits per heavy atom. The number of rotatable bonds is 4. The molecule has 0 fully saturated rings. The maximum atomic E-state index is 12.4. The number of aromatic nitrogens is 2. The van der Waals surface area contributed by atoms with Crippen LogP contribution in [0.25, 0.3) is 0 Å². The van der Waals surface area contributed by atoms with E-state index >= 15 is 0 Å². The quantitative estimate of drug-likeness (QED) is 0.864. The van der Waals surface area contributed by atoms with E-state index in [1.165, 1.54) is 0 Å². The lowest BCUT2D eigenvalue weighted by Crippen LogP contribution is -2.44. The van der Waals surface area contributed by atoms with Gasteiger partial charge in [-0.15, -0.1) is 0 Å². The number of carbonyl (C=O) groups is 1. The van der Waals surface area contributed by atoms with Crippen LogP contribution in [0.1, 0.15) is 63.1 Å². The topological polar surface area (TPSA) is 75.0 Å². The molecule has 1 heterocycles. The Kier molecular flexibility index (Phi) is 4.04. The number of amides is 1. The van der Waals surface area contributed by atoms with Crippen molar-refractivity contribution in [2.45, 2.75) is 52.5 Å². The van der Waals surface area contributed by atoms with Crippen LogP contribution in [-0.2, 0) is 0 Å². The molecule has 0 aromatic carbocycles. The summed E-state index contributed by atoms with van der Waals surface area (Å²) in [5.41, 5.74) is 7.39. The summed E-state index contributed by atoms with van der Waals surface area (Å²) < 4.78 is 0. The zero-order valence-electron chi connectivity index (χ0n) is 12.2. The predicted octanol–water partition coefficient (Wildman–Crippen LogP) is 2.38. The molecule has 5 heteroatoms. The fraction of sp³-hybridized carbons (Fsp3) is 0.692. The third-order valence-electron chi connectivity index (χ3n) is 3.69. The van der Waals surface area contributed by atoms with Gasteiger partial charge in [-0.3, -0.25) is 9.89 Å². The fourth-order valence-electron chi connectivity index (χ4n) is 1.64. The summed E-state index contributed by atoms with van der Waals surface area (Å²) in [5.74, 6) is 0.0889. The third kappa shape index (κ3) is 2.49. The van der Waals surface area contributed by atoms with Crippen molar-refractivity contribution in [3.63, 3.8) is 0 Å². The molecule has 1 aromatic heterocycles. The van der Waals surface area contributed by atoms with Gasteiger partial charge in [0.05, 0.1) is 11.4 Å². The Bertz CT molecular complexity index is 434. The van der Waals surface area contributed by atoms with Gasteiger partial charge in [0.15, 0.2) is 5.69 Å². The molecule has 0 saturated heterocycles. The lowest BCUT2D eigenvalue weighted by atomic mass is 9.99. The predicted molar refractivity (Wildman–Crippen MR) is 73.6 cm³/mol. The molecule has 18 heavy (non-hydrogen) atoms. The maximum absolute atomic E-state index is 12.4. The first-order valence-electron chi connectivity index (χ1n) is 6.34. The van der Waals surface area contributed by atoms with Gasteiger partial charge in [0.25, 0.3) is 5.91 Å². The Balaban J connectivity index is 3.05. The van der Waals surface area contributed by atoms with Crippen LogP contribution in [0.2, 0.25) is 0 Å². The van der Waals surface area contributed by atoms with Gasteiger partial charge in [-0.2, -0.15) is 5.10 Å². The molecule has 1 amide bonds. The molecule has 1 aromatic rings. The highest BCUT2D eigenvalue weighted by atomic mass is 16.2. The number of nitrogens with zero attached hydrogens (tertiary/aromatic N) is 2. The van der Waals surface area contributed by atoms with Crippen molar-refractivity contribution >= 4 is 11.6 Å². The van der Waals surface area contributed by atoms with Gasteiger partial charge in [0.1, 0.15) is 0 Å². The van der Waals surface area contributed by atoms with Gasteiger partial charge < -0.3 is 10.6 Å². The Labute approximate surface area is 109 Å². The fourth-order valence-corrected chi connectivity index (χ4v) is 1.64. The second-order valence-corrected chi connectivity index (χ2v) is 5.58. The van der Waals surface area contributed by atoms with Crippen LogP contribution in [-0.4, -0.2) is 33.6 Å². The van der Waals surface area contributed by atoms with Crippen LogP contribution in [0.4, 0.5) is 5.69 Å². The van der Waals surface area contributed by atoms with Crippen LogP contribution >= 0.6 is 0 Å². The number of nitrogen functional groups attached to an aromatic ring is 1. The van der Waals surface area contributed by atoms with Crippen molar-refractivity contribution in [3.8, 4) is 0 Å². The van der Waals surface area contributed by atoms with Crippen molar-refractivity contribution in [1.82, 2.24) is 15.1 Å². The first kappa shape index (κ1) is 14.5. The lowest BCUT2D eigenvalue weighted by molar-refractivity contribution is 0.0615. The average Bonchev–Trinajstić information content (AvgIpc) is 2.69. The van der Waals surface area contributed by atoms with Gasteiger partial charge in [-0.1, -0.05) is 20.8 Å². The summed E-state index contributed by atoms with van der Waals surface area (Å²) in [6, 6.07) is 0. The molecule has 0 spiro atoms. The molecule has 5 nitrogen and oxygen atoms in total. The molecule has 102 valence electrons. The number of carbonyl (C=O) groups excluding carboxylic acids is 1. The first-order valence-corrected chi connectivity index (χ1v) is 6.34. The van der Waals surface area contributed by atoms with E-state index in [-0.39, 0.29) is 17.4 Å². The number of nitrogens with one attached hydrogen (secondary N) is 1. The summed E-state index contributed by atoms with van der Waals surface area (Å²) >= 11 is 0. The minimum Gasteiger partial charge on any atom is -0.395 e. The smallest absolute Gasteiger partial charge is 0.276 e. The first-order chi connectivity index (χ1) is 8.22. The van der Waals surface area contributed by atoms with E-state index in [1.54, 1.807) is 11.9 Å². The van der Waals surface area contributed by atoms with Crippen molar-refractivity contribution in [1.29, 1.82) is 0 Å². The van der Waals surface area contributed by atoms with Crippen LogP contribution in [0.5, 0.6) is 0 Å². The second-order valence-electron chi connectivity index (χ2n) is 5.58. The van der Waals surface area contributed by atoms with E-state index in [0.717, 1.165) is 12.1 Å². The standard InChI is InChI=1S/C13H24N4O/c1-7-13(4,5)17(6)12(18)11-9(14)10(8(2)3)15-16-11/h8H,7,14H2,1-6H3,(H,15,16). The van der Waals surface area contributed by atoms with E-state index in [9.17, 15) is 4.79 Å². The molecule has 0 aliphatic heterocycles. The van der Waals surface area contributed by atoms with Crippen molar-refractivity contribution < 1.29 is 4.79 Å². The van der Waals surface area contributed by atoms with E-state index in [0.29, 0.717) is 11.4 Å². The van der Waals surface area contributed by atoms with E-state index < -0.39 is 0 Å². The highest BCUT2D eigenvalue weighted by molar-refractivity contribution is 5.98. The minimum atomic E-state index is -0.208. The van der Waals surface area contributed by atoms with E-state index in [2.05, 4.69) is 17.1 Å². The van der Waals surface area contributed by atoms with Crippen LogP contribution in [0.15, 0.2) is 0 Å². The van der Waals surface area contributed by atoms with Gasteiger partial charge in [-0.25, -0.2) is 0 Å². The van der Waals surface area contributed by atoms with Gasteiger partial charge in [0, 0.05) is 12.6 Å². The number of anilines is 1. The molecular formula is C13H24N4O. The van der Waals surface area contributed by atoms with Crippen LogP contribution < -0.4 is 5.73 Å². The van der Waals surface area contributed by atoms with E-state index in [4.69, 9.17) is 5.73 Å². The Morgan fingerprint density at radius 1 is 1.50 bits per heavy atom. The van der Waals surface area contributed by atoms with Gasteiger partial charge in [-0.05, 0) is 26.2 Å². The summed E-state index contributed by atoms with van der Waals surface area (Å²) in [7, 11) is 1.79. The van der Waals surface area contributed by atoms with Crippen molar-refractivity contribution in [2.24, 2.45) is 0 Å². The molecule has 0 unspecified atom stereocenters. The van der Waals surface area contributed by atoms with Gasteiger partial charge in [0.2, 0.25) is 0 Å². The monoisotopic (exact) mass is 252 g/mol. The number of aromatic amines is 1. The molecule has 3 N–H and O–H groups in total. The summed E-state index contributed by atoms with van der Waals surface area (Å²) in [4.78, 5) is 14.1. The lowest BCUT2D eigenvalue weighted by Gasteiger charge is -2.34. The molecule has 0 radical (unpaired) electrons. The zero-order chi connectivity index (χ0) is 14.1. The normalized spacial score (nSPS) is 11.9. The maximum Gasteiger partial charge on any atom is 0.276 e. The zero-order valence-corrected chi connectivity index (χ0v) is 12.2. The highest BCUT2D eigenvalue weighted by Crippen LogP contribution is 2.25. The minimum absolute atomic E-state index is 0.137. The highest BCUT2D eigenvalue weighted by Gasteiger charge is 2.30. The number of H-pyrrole nitrogens is 1. The molecular weight excluding hydrogens is 228 g/mol. The summed E-state index contributed by atoms with van der Waals surface area (Å²) in [6.45, 7) is 10.1. The van der Waals surface area contributed by atoms with E-state index in [1.807, 2.05) is 27.7 Å². The number of hydrogen-bond donors (Lipinski definition) is 2.